The number of nitrogens with zero attached hydrogens (tertiary/aromatic N) is 2. The van der Waals surface area contributed by atoms with Crippen LogP contribution in [0.25, 0.3) is 0 Å². The normalized spacial score (nSPS) is 16.9. The summed E-state index contributed by atoms with van der Waals surface area (Å²) in [6.45, 7) is 7.99. The topological polar surface area (TPSA) is 32.8 Å². The van der Waals surface area contributed by atoms with E-state index < -0.39 is 0 Å². The molecule has 4 nitrogen and oxygen atoms in total. The number of amides is 1. The average Bonchev–Trinajstić information content (AvgIpc) is 2.85. The van der Waals surface area contributed by atoms with Gasteiger partial charge in [0.25, 0.3) is 0 Å². The second-order valence-corrected chi connectivity index (χ2v) is 6.93. The van der Waals surface area contributed by atoms with Crippen LogP contribution in [0.1, 0.15) is 43.7 Å². The molecule has 0 bridgehead atoms. The maximum atomic E-state index is 12.8. The third-order valence-electron chi connectivity index (χ3n) is 4.96. The number of rotatable bonds is 7. The highest BCUT2D eigenvalue weighted by molar-refractivity contribution is 5.78. The van der Waals surface area contributed by atoms with Crippen LogP contribution in [0.4, 0.5) is 0 Å². The van der Waals surface area contributed by atoms with Crippen molar-refractivity contribution in [2.24, 2.45) is 0 Å². The van der Waals surface area contributed by atoms with Crippen LogP contribution in [0.5, 0.6) is 0 Å². The maximum Gasteiger partial charge on any atom is 0.236 e. The molecule has 1 amide bonds. The van der Waals surface area contributed by atoms with Crippen LogP contribution in [0, 0.1) is 6.92 Å². The number of aryl methyl sites for hydroxylation is 1. The van der Waals surface area contributed by atoms with Crippen LogP contribution in [-0.4, -0.2) is 55.1 Å². The molecular formula is C20H32N2O2. The molecule has 0 spiro atoms. The van der Waals surface area contributed by atoms with E-state index in [0.717, 1.165) is 32.5 Å². The van der Waals surface area contributed by atoms with Crippen molar-refractivity contribution in [1.29, 1.82) is 0 Å². The second kappa shape index (κ2) is 9.80. The van der Waals surface area contributed by atoms with Gasteiger partial charge in [0.2, 0.25) is 5.91 Å². The Hall–Kier alpha value is -1.39. The molecule has 0 radical (unpaired) electrons. The first-order chi connectivity index (χ1) is 11.6. The van der Waals surface area contributed by atoms with Crippen LogP contribution >= 0.6 is 0 Å². The zero-order chi connectivity index (χ0) is 17.4. The number of carbonyl (C=O) groups is 1. The van der Waals surface area contributed by atoms with Crippen molar-refractivity contribution >= 4 is 5.91 Å². The van der Waals surface area contributed by atoms with E-state index in [1.165, 1.54) is 24.0 Å². The molecule has 1 atom stereocenters. The Labute approximate surface area is 146 Å². The van der Waals surface area contributed by atoms with Crippen LogP contribution in [-0.2, 0) is 16.1 Å². The van der Waals surface area contributed by atoms with Gasteiger partial charge in [-0.05, 0) is 37.8 Å². The molecule has 1 aromatic carbocycles. The summed E-state index contributed by atoms with van der Waals surface area (Å²) in [5.41, 5.74) is 2.55. The number of methoxy groups -OCH3 is 1. The van der Waals surface area contributed by atoms with Gasteiger partial charge < -0.3 is 9.64 Å². The fourth-order valence-corrected chi connectivity index (χ4v) is 3.31. The van der Waals surface area contributed by atoms with Gasteiger partial charge in [-0.2, -0.15) is 0 Å². The van der Waals surface area contributed by atoms with Gasteiger partial charge in [-0.3, -0.25) is 9.69 Å². The summed E-state index contributed by atoms with van der Waals surface area (Å²) in [5, 5.41) is 0. The minimum Gasteiger partial charge on any atom is -0.383 e. The Morgan fingerprint density at radius 1 is 1.21 bits per heavy atom. The third kappa shape index (κ3) is 5.60. The quantitative estimate of drug-likeness (QED) is 0.768. The van der Waals surface area contributed by atoms with Gasteiger partial charge in [0.05, 0.1) is 13.2 Å². The van der Waals surface area contributed by atoms with Gasteiger partial charge in [-0.25, -0.2) is 0 Å². The van der Waals surface area contributed by atoms with Crippen molar-refractivity contribution < 1.29 is 9.53 Å². The zero-order valence-electron chi connectivity index (χ0n) is 15.5. The standard InChI is InChI=1S/C20H32N2O2/c1-17-10-6-7-11-19(17)14-22(18(2)16-24-3)15-20(23)21-12-8-4-5-9-13-21/h6-7,10-11,18H,4-5,8-9,12-16H2,1-3H3. The van der Waals surface area contributed by atoms with E-state index in [1.807, 2.05) is 0 Å². The summed E-state index contributed by atoms with van der Waals surface area (Å²) in [5.74, 6) is 0.258. The lowest BCUT2D eigenvalue weighted by molar-refractivity contribution is -0.133. The minimum atomic E-state index is 0.213. The molecule has 1 aliphatic rings. The summed E-state index contributed by atoms with van der Waals surface area (Å²) in [6, 6.07) is 8.62. The van der Waals surface area contributed by atoms with Crippen molar-refractivity contribution in [3.8, 4) is 0 Å². The van der Waals surface area contributed by atoms with E-state index in [9.17, 15) is 4.79 Å². The van der Waals surface area contributed by atoms with Gasteiger partial charge in [0, 0.05) is 32.8 Å². The zero-order valence-corrected chi connectivity index (χ0v) is 15.5. The van der Waals surface area contributed by atoms with E-state index in [2.05, 4.69) is 47.9 Å². The molecule has 1 saturated heterocycles. The first-order valence-corrected chi connectivity index (χ1v) is 9.17. The fourth-order valence-electron chi connectivity index (χ4n) is 3.31. The monoisotopic (exact) mass is 332 g/mol. The summed E-state index contributed by atoms with van der Waals surface area (Å²) in [4.78, 5) is 17.1. The molecule has 24 heavy (non-hydrogen) atoms. The summed E-state index contributed by atoms with van der Waals surface area (Å²) in [7, 11) is 1.72. The molecule has 1 unspecified atom stereocenters. The molecule has 0 saturated carbocycles. The first-order valence-electron chi connectivity index (χ1n) is 9.17. The lowest BCUT2D eigenvalue weighted by atomic mass is 10.1. The molecular weight excluding hydrogens is 300 g/mol. The van der Waals surface area contributed by atoms with E-state index in [-0.39, 0.29) is 11.9 Å². The number of ether oxygens (including phenoxy) is 1. The SMILES string of the molecule is COCC(C)N(CC(=O)N1CCCCCC1)Cc1ccccc1C. The highest BCUT2D eigenvalue weighted by atomic mass is 16.5. The number of hydrogen-bond acceptors (Lipinski definition) is 3. The van der Waals surface area contributed by atoms with Crippen molar-refractivity contribution in [2.45, 2.75) is 52.1 Å². The van der Waals surface area contributed by atoms with Crippen LogP contribution < -0.4 is 0 Å². The van der Waals surface area contributed by atoms with Crippen molar-refractivity contribution in [2.75, 3.05) is 33.4 Å². The Morgan fingerprint density at radius 3 is 2.50 bits per heavy atom. The van der Waals surface area contributed by atoms with Crippen LogP contribution in [0.3, 0.4) is 0 Å². The van der Waals surface area contributed by atoms with Gasteiger partial charge in [0.1, 0.15) is 0 Å². The molecule has 1 fully saturated rings. The maximum absolute atomic E-state index is 12.8. The first kappa shape index (κ1) is 18.9. The van der Waals surface area contributed by atoms with Crippen molar-refractivity contribution in [1.82, 2.24) is 9.80 Å². The Balaban J connectivity index is 2.05. The largest absolute Gasteiger partial charge is 0.383 e. The number of carbonyl (C=O) groups excluding carboxylic acids is 1. The molecule has 1 aliphatic heterocycles. The predicted molar refractivity (Wildman–Crippen MR) is 98.0 cm³/mol. The smallest absolute Gasteiger partial charge is 0.236 e. The molecule has 1 heterocycles. The Kier molecular flexibility index (Phi) is 7.73. The molecule has 0 aliphatic carbocycles. The van der Waals surface area contributed by atoms with E-state index in [0.29, 0.717) is 13.2 Å². The summed E-state index contributed by atoms with van der Waals surface area (Å²) < 4.78 is 5.33. The molecule has 0 N–H and O–H groups in total. The van der Waals surface area contributed by atoms with E-state index in [1.54, 1.807) is 7.11 Å². The van der Waals surface area contributed by atoms with E-state index >= 15 is 0 Å². The number of likely N-dealkylation sites (tertiary alicyclic amines) is 1. The van der Waals surface area contributed by atoms with Crippen molar-refractivity contribution in [3.05, 3.63) is 35.4 Å². The van der Waals surface area contributed by atoms with Gasteiger partial charge >= 0.3 is 0 Å². The average molecular weight is 332 g/mol. The van der Waals surface area contributed by atoms with Gasteiger partial charge in [0.15, 0.2) is 0 Å². The van der Waals surface area contributed by atoms with Gasteiger partial charge in [-0.1, -0.05) is 37.1 Å². The number of benzene rings is 1. The highest BCUT2D eigenvalue weighted by Gasteiger charge is 2.22. The van der Waals surface area contributed by atoms with Crippen LogP contribution in [0.2, 0.25) is 0 Å². The van der Waals surface area contributed by atoms with Crippen LogP contribution in [0.15, 0.2) is 24.3 Å². The number of hydrogen-bond donors (Lipinski definition) is 0. The molecule has 4 heteroatoms. The summed E-state index contributed by atoms with van der Waals surface area (Å²) >= 11 is 0. The van der Waals surface area contributed by atoms with Crippen molar-refractivity contribution in [3.63, 3.8) is 0 Å². The van der Waals surface area contributed by atoms with Gasteiger partial charge in [-0.15, -0.1) is 0 Å². The molecule has 1 aromatic rings. The lowest BCUT2D eigenvalue weighted by Crippen LogP contribution is -2.45. The van der Waals surface area contributed by atoms with E-state index in [4.69, 9.17) is 4.74 Å². The molecule has 2 rings (SSSR count). The predicted octanol–water partition coefficient (Wildman–Crippen LogP) is 3.23. The fraction of sp³-hybridized carbons (Fsp3) is 0.650. The Morgan fingerprint density at radius 2 is 1.88 bits per heavy atom. The minimum absolute atomic E-state index is 0.213. The lowest BCUT2D eigenvalue weighted by Gasteiger charge is -2.31. The summed E-state index contributed by atoms with van der Waals surface area (Å²) in [6.07, 6.45) is 4.77. The molecule has 134 valence electrons. The molecule has 0 aromatic heterocycles. The third-order valence-corrected chi connectivity index (χ3v) is 4.96. The second-order valence-electron chi connectivity index (χ2n) is 6.93. The Bertz CT molecular complexity index is 510. The highest BCUT2D eigenvalue weighted by Crippen LogP contribution is 2.15.